The summed E-state index contributed by atoms with van der Waals surface area (Å²) in [4.78, 5) is 17.8. The first-order valence-corrected chi connectivity index (χ1v) is 19.3. The summed E-state index contributed by atoms with van der Waals surface area (Å²) < 4.78 is 4.71. The maximum atomic E-state index is 5.34. The Hall–Kier alpha value is -7.57. The number of pyridine rings is 1. The normalized spacial score (nSPS) is 13.1. The van der Waals surface area contributed by atoms with E-state index in [-0.39, 0.29) is 0 Å². The third-order valence-electron chi connectivity index (χ3n) is 11.1. The molecule has 10 aromatic rings. The third kappa shape index (κ3) is 5.37. The van der Waals surface area contributed by atoms with Gasteiger partial charge in [0, 0.05) is 62.2 Å². The van der Waals surface area contributed by atoms with Crippen molar-refractivity contribution in [1.29, 1.82) is 0 Å². The summed E-state index contributed by atoms with van der Waals surface area (Å²) in [6.45, 7) is 0.494. The van der Waals surface area contributed by atoms with Crippen LogP contribution in [-0.2, 0) is 0 Å². The van der Waals surface area contributed by atoms with Crippen LogP contribution >= 0.6 is 0 Å². The van der Waals surface area contributed by atoms with E-state index in [0.29, 0.717) is 6.67 Å². The molecule has 3 aromatic heterocycles. The number of hydrogen-bond donors (Lipinski definition) is 0. The molecule has 6 heteroatoms. The van der Waals surface area contributed by atoms with E-state index in [4.69, 9.17) is 15.0 Å². The van der Waals surface area contributed by atoms with Crippen LogP contribution in [0.1, 0.15) is 11.1 Å². The van der Waals surface area contributed by atoms with Gasteiger partial charge in [-0.2, -0.15) is 0 Å². The Labute approximate surface area is 330 Å². The lowest BCUT2D eigenvalue weighted by molar-refractivity contribution is 0.517. The van der Waals surface area contributed by atoms with Crippen molar-refractivity contribution >= 4 is 55.3 Å². The van der Waals surface area contributed by atoms with Crippen LogP contribution in [0.25, 0.3) is 77.5 Å². The first-order valence-electron chi connectivity index (χ1n) is 19.3. The van der Waals surface area contributed by atoms with Crippen LogP contribution in [0.15, 0.2) is 198 Å². The fraction of sp³-hybridized carbons (Fsp3) is 0.0392. The second-order valence-electron chi connectivity index (χ2n) is 14.5. The summed E-state index contributed by atoms with van der Waals surface area (Å²) in [5.74, 6) is 1.59. The summed E-state index contributed by atoms with van der Waals surface area (Å²) >= 11 is 0. The fourth-order valence-corrected chi connectivity index (χ4v) is 8.57. The lowest BCUT2D eigenvalue weighted by Crippen LogP contribution is -2.32. The van der Waals surface area contributed by atoms with Crippen LogP contribution in [-0.4, -0.2) is 44.4 Å². The van der Waals surface area contributed by atoms with E-state index < -0.39 is 0 Å². The Kier molecular flexibility index (Phi) is 7.67. The number of hydrogen-bond acceptors (Lipinski definition) is 4. The van der Waals surface area contributed by atoms with Crippen LogP contribution in [0.4, 0.5) is 0 Å². The molecule has 0 N–H and O–H groups in total. The smallest absolute Gasteiger partial charge is 0.160 e. The number of aliphatic imine (C=N–C) groups is 2. The van der Waals surface area contributed by atoms with E-state index in [1.165, 1.54) is 27.1 Å². The topological polar surface area (TPSA) is 50.7 Å². The summed E-state index contributed by atoms with van der Waals surface area (Å²) in [7, 11) is 2.05. The number of para-hydroxylation sites is 6. The molecule has 7 aromatic carbocycles. The maximum Gasteiger partial charge on any atom is 0.160 e. The highest BCUT2D eigenvalue weighted by molar-refractivity contribution is 6.21. The van der Waals surface area contributed by atoms with Gasteiger partial charge in [0.2, 0.25) is 0 Å². The van der Waals surface area contributed by atoms with Crippen LogP contribution in [0.3, 0.4) is 0 Å². The molecule has 0 bridgehead atoms. The minimum Gasteiger partial charge on any atom is -0.340 e. The number of benzene rings is 7. The highest BCUT2D eigenvalue weighted by Crippen LogP contribution is 2.39. The predicted octanol–water partition coefficient (Wildman–Crippen LogP) is 11.7. The second kappa shape index (κ2) is 13.3. The van der Waals surface area contributed by atoms with E-state index >= 15 is 0 Å². The lowest BCUT2D eigenvalue weighted by Gasteiger charge is -2.24. The minimum atomic E-state index is 0.494. The van der Waals surface area contributed by atoms with E-state index in [1.807, 2.05) is 0 Å². The van der Waals surface area contributed by atoms with Crippen LogP contribution in [0, 0.1) is 0 Å². The Morgan fingerprint density at radius 2 is 0.947 bits per heavy atom. The van der Waals surface area contributed by atoms with E-state index in [0.717, 1.165) is 73.2 Å². The zero-order chi connectivity index (χ0) is 37.9. The van der Waals surface area contributed by atoms with Gasteiger partial charge >= 0.3 is 0 Å². The highest BCUT2D eigenvalue weighted by atomic mass is 15.3. The molecule has 270 valence electrons. The number of rotatable bonds is 6. The molecule has 4 heterocycles. The molecule has 0 fully saturated rings. The van der Waals surface area contributed by atoms with Gasteiger partial charge < -0.3 is 14.0 Å². The van der Waals surface area contributed by atoms with E-state index in [2.05, 4.69) is 209 Å². The monoisotopic (exact) mass is 732 g/mol. The summed E-state index contributed by atoms with van der Waals surface area (Å²) in [5.41, 5.74) is 12.8. The van der Waals surface area contributed by atoms with Crippen molar-refractivity contribution in [3.8, 4) is 33.9 Å². The predicted molar refractivity (Wildman–Crippen MR) is 236 cm³/mol. The van der Waals surface area contributed by atoms with Gasteiger partial charge in [-0.15, -0.1) is 0 Å². The Bertz CT molecular complexity index is 3230. The van der Waals surface area contributed by atoms with Gasteiger partial charge in [-0.25, -0.2) is 15.0 Å². The standard InChI is InChI=1S/C51H36N6/c1-55-33-52-50(43-27-14-25-41-39-23-9-11-31-47(39)57(49(41)43)37-20-6-3-7-21-37)54-51(55)35-17-12-16-34(32-35)44-28-15-29-45(53-44)42-26-13-24-40-38-22-8-10-30-46(38)56(48(40)42)36-18-4-2-5-19-36/h2-32H,33H2,1H3. The first kappa shape index (κ1) is 32.8. The molecular weight excluding hydrogens is 697 g/mol. The molecule has 1 aliphatic rings. The molecule has 0 atom stereocenters. The molecule has 0 unspecified atom stereocenters. The molecule has 6 nitrogen and oxygen atoms in total. The quantitative estimate of drug-likeness (QED) is 0.171. The third-order valence-corrected chi connectivity index (χ3v) is 11.1. The van der Waals surface area contributed by atoms with Gasteiger partial charge in [-0.1, -0.05) is 127 Å². The van der Waals surface area contributed by atoms with Crippen LogP contribution in [0.5, 0.6) is 0 Å². The van der Waals surface area contributed by atoms with Crippen molar-refractivity contribution in [2.75, 3.05) is 13.7 Å². The largest absolute Gasteiger partial charge is 0.340 e. The van der Waals surface area contributed by atoms with Crippen molar-refractivity contribution in [3.05, 3.63) is 199 Å². The van der Waals surface area contributed by atoms with Gasteiger partial charge in [0.1, 0.15) is 12.5 Å². The molecule has 0 radical (unpaired) electrons. The molecule has 0 saturated heterocycles. The van der Waals surface area contributed by atoms with Crippen molar-refractivity contribution < 1.29 is 0 Å². The number of amidine groups is 2. The highest BCUT2D eigenvalue weighted by Gasteiger charge is 2.23. The molecule has 11 rings (SSSR count). The second-order valence-corrected chi connectivity index (χ2v) is 14.5. The SMILES string of the molecule is CN1CN=C(c2cccc3c4ccccc4n(-c4ccccc4)c23)N=C1c1cccc(-c2cccc(-c3cccc4c5ccccc5n(-c5ccccc5)c34)n2)c1. The van der Waals surface area contributed by atoms with Crippen LogP contribution < -0.4 is 0 Å². The molecule has 1 aliphatic heterocycles. The lowest BCUT2D eigenvalue weighted by atomic mass is 10.0. The van der Waals surface area contributed by atoms with Crippen LogP contribution in [0.2, 0.25) is 0 Å². The van der Waals surface area contributed by atoms with Gasteiger partial charge in [0.25, 0.3) is 0 Å². The Morgan fingerprint density at radius 3 is 1.61 bits per heavy atom. The minimum absolute atomic E-state index is 0.494. The molecule has 0 saturated carbocycles. The van der Waals surface area contributed by atoms with E-state index in [9.17, 15) is 0 Å². The molecular formula is C51H36N6. The Morgan fingerprint density at radius 1 is 0.439 bits per heavy atom. The number of aromatic nitrogens is 3. The maximum absolute atomic E-state index is 5.34. The summed E-state index contributed by atoms with van der Waals surface area (Å²) in [5, 5.41) is 4.81. The van der Waals surface area contributed by atoms with Gasteiger partial charge in [-0.3, -0.25) is 0 Å². The molecule has 0 spiro atoms. The Balaban J connectivity index is 1.01. The summed E-state index contributed by atoms with van der Waals surface area (Å²) in [6, 6.07) is 66.3. The number of nitrogens with zero attached hydrogens (tertiary/aromatic N) is 6. The zero-order valence-electron chi connectivity index (χ0n) is 31.3. The number of fused-ring (bicyclic) bond motifs is 6. The average Bonchev–Trinajstić information content (AvgIpc) is 3.81. The van der Waals surface area contributed by atoms with Gasteiger partial charge in [0.15, 0.2) is 5.84 Å². The van der Waals surface area contributed by atoms with Crippen molar-refractivity contribution in [3.63, 3.8) is 0 Å². The van der Waals surface area contributed by atoms with Gasteiger partial charge in [0.05, 0.1) is 33.5 Å². The molecule has 57 heavy (non-hydrogen) atoms. The zero-order valence-corrected chi connectivity index (χ0v) is 31.3. The molecule has 0 aliphatic carbocycles. The van der Waals surface area contributed by atoms with Crippen molar-refractivity contribution in [2.45, 2.75) is 0 Å². The van der Waals surface area contributed by atoms with Crippen molar-refractivity contribution in [1.82, 2.24) is 19.0 Å². The molecule has 0 amide bonds. The van der Waals surface area contributed by atoms with Crippen molar-refractivity contribution in [2.24, 2.45) is 9.98 Å². The fourth-order valence-electron chi connectivity index (χ4n) is 8.57. The summed E-state index contributed by atoms with van der Waals surface area (Å²) in [6.07, 6.45) is 0. The van der Waals surface area contributed by atoms with E-state index in [1.54, 1.807) is 0 Å². The average molecular weight is 733 g/mol. The van der Waals surface area contributed by atoms with Gasteiger partial charge in [-0.05, 0) is 60.7 Å². The first-order chi connectivity index (χ1) is 28.2.